The summed E-state index contributed by atoms with van der Waals surface area (Å²) in [5.74, 6) is 1.000. The fourth-order valence-electron chi connectivity index (χ4n) is 3.81. The molecular weight excluding hydrogens is 475 g/mol. The monoisotopic (exact) mass is 498 g/mol. The van der Waals surface area contributed by atoms with Crippen molar-refractivity contribution >= 4 is 26.0 Å². The lowest BCUT2D eigenvalue weighted by Gasteiger charge is -2.35. The van der Waals surface area contributed by atoms with Crippen LogP contribution in [0, 0.1) is 11.7 Å². The molecule has 0 aliphatic carbocycles. The summed E-state index contributed by atoms with van der Waals surface area (Å²) in [7, 11) is -3.84. The van der Waals surface area contributed by atoms with Gasteiger partial charge in [-0.2, -0.15) is 0 Å². The zero-order valence-electron chi connectivity index (χ0n) is 16.4. The van der Waals surface area contributed by atoms with E-state index in [2.05, 4.69) is 25.6 Å². The Labute approximate surface area is 184 Å². The number of benzene rings is 2. The van der Waals surface area contributed by atoms with Gasteiger partial charge in [0.05, 0.1) is 0 Å². The van der Waals surface area contributed by atoms with E-state index < -0.39 is 15.8 Å². The molecule has 30 heavy (non-hydrogen) atoms. The molecule has 9 heteroatoms. The van der Waals surface area contributed by atoms with E-state index in [1.54, 1.807) is 0 Å². The summed E-state index contributed by atoms with van der Waals surface area (Å²) in [5.41, 5.74) is 0. The average molecular weight is 499 g/mol. The number of likely N-dealkylation sites (tertiary alicyclic amines) is 1. The first-order valence-corrected chi connectivity index (χ1v) is 12.2. The molecule has 0 aromatic heterocycles. The molecule has 0 radical (unpaired) electrons. The Bertz CT molecular complexity index is 996. The second-order valence-electron chi connectivity index (χ2n) is 7.67. The molecule has 1 N–H and O–H groups in total. The predicted octanol–water partition coefficient (Wildman–Crippen LogP) is 3.42. The molecule has 2 aliphatic rings. The smallest absolute Gasteiger partial charge is 0.243 e. The van der Waals surface area contributed by atoms with Gasteiger partial charge < -0.3 is 9.47 Å². The molecule has 0 amide bonds. The fraction of sp³-hybridized carbons (Fsp3) is 0.429. The van der Waals surface area contributed by atoms with Crippen molar-refractivity contribution in [3.8, 4) is 11.5 Å². The van der Waals surface area contributed by atoms with E-state index in [-0.39, 0.29) is 16.9 Å². The molecule has 2 aromatic rings. The van der Waals surface area contributed by atoms with Crippen molar-refractivity contribution < 1.29 is 22.3 Å². The molecule has 2 aliphatic heterocycles. The van der Waals surface area contributed by atoms with Gasteiger partial charge in [0, 0.05) is 17.6 Å². The van der Waals surface area contributed by atoms with Crippen LogP contribution in [0.25, 0.3) is 0 Å². The van der Waals surface area contributed by atoms with Crippen LogP contribution < -0.4 is 14.2 Å². The van der Waals surface area contributed by atoms with Crippen LogP contribution in [0.4, 0.5) is 4.39 Å². The van der Waals surface area contributed by atoms with E-state index in [9.17, 15) is 12.8 Å². The highest BCUT2D eigenvalue weighted by molar-refractivity contribution is 9.10. The number of ether oxygens (including phenoxy) is 2. The second-order valence-corrected chi connectivity index (χ2v) is 10.3. The molecule has 0 spiro atoms. The molecule has 2 heterocycles. The molecule has 0 bridgehead atoms. The van der Waals surface area contributed by atoms with Crippen LogP contribution in [0.5, 0.6) is 11.5 Å². The van der Waals surface area contributed by atoms with Crippen molar-refractivity contribution in [3.05, 3.63) is 52.8 Å². The van der Waals surface area contributed by atoms with Gasteiger partial charge in [0.1, 0.15) is 23.4 Å². The number of hydrogen-bond acceptors (Lipinski definition) is 5. The summed E-state index contributed by atoms with van der Waals surface area (Å²) in [5, 5.41) is 0. The number of rotatable bonds is 6. The predicted molar refractivity (Wildman–Crippen MR) is 115 cm³/mol. The van der Waals surface area contributed by atoms with E-state index in [4.69, 9.17) is 9.47 Å². The van der Waals surface area contributed by atoms with E-state index in [0.717, 1.165) is 54.5 Å². The van der Waals surface area contributed by atoms with Gasteiger partial charge in [-0.05, 0) is 62.2 Å². The Morgan fingerprint density at radius 2 is 1.90 bits per heavy atom. The van der Waals surface area contributed by atoms with Crippen LogP contribution in [0.1, 0.15) is 12.8 Å². The van der Waals surface area contributed by atoms with E-state index in [1.165, 1.54) is 18.2 Å². The minimum Gasteiger partial charge on any atom is -0.486 e. The molecule has 2 aromatic carbocycles. The van der Waals surface area contributed by atoms with Gasteiger partial charge in [-0.1, -0.05) is 28.1 Å². The number of sulfonamides is 1. The lowest BCUT2D eigenvalue weighted by molar-refractivity contribution is 0.0480. The summed E-state index contributed by atoms with van der Waals surface area (Å²) in [6.07, 6.45) is 1.70. The van der Waals surface area contributed by atoms with Gasteiger partial charge in [0.2, 0.25) is 10.0 Å². The maximum Gasteiger partial charge on any atom is 0.243 e. The molecule has 162 valence electrons. The Hall–Kier alpha value is -1.68. The van der Waals surface area contributed by atoms with Crippen LogP contribution in [-0.2, 0) is 10.0 Å². The zero-order valence-corrected chi connectivity index (χ0v) is 18.8. The molecule has 6 nitrogen and oxygen atoms in total. The third-order valence-electron chi connectivity index (χ3n) is 5.48. The van der Waals surface area contributed by atoms with E-state index in [1.807, 2.05) is 18.2 Å². The van der Waals surface area contributed by atoms with Gasteiger partial charge in [-0.25, -0.2) is 17.5 Å². The molecular formula is C21H24BrFN2O4S. The Kier molecular flexibility index (Phi) is 6.62. The summed E-state index contributed by atoms with van der Waals surface area (Å²) >= 11 is 3.45. The third kappa shape index (κ3) is 5.14. The highest BCUT2D eigenvalue weighted by atomic mass is 79.9. The number of nitrogens with zero attached hydrogens (tertiary/aromatic N) is 1. The summed E-state index contributed by atoms with van der Waals surface area (Å²) in [6.45, 7) is 3.31. The van der Waals surface area contributed by atoms with Crippen LogP contribution in [-0.4, -0.2) is 52.2 Å². The first-order chi connectivity index (χ1) is 14.4. The maximum absolute atomic E-state index is 13.8. The standard InChI is InChI=1S/C21H24BrFN2O4S/c22-16-5-6-19-20(11-16)29-17(14-28-19)13-25-9-7-15(8-10-25)12-24-30(26,27)21-4-2-1-3-18(21)23/h1-6,11,15,17,24H,7-10,12-14H2/t17-/m0/s1. The molecule has 4 rings (SSSR count). The van der Waals surface area contributed by atoms with Crippen LogP contribution in [0.3, 0.4) is 0 Å². The van der Waals surface area contributed by atoms with Crippen molar-refractivity contribution in [2.45, 2.75) is 23.8 Å². The Morgan fingerprint density at radius 3 is 2.67 bits per heavy atom. The number of nitrogens with one attached hydrogen (secondary N) is 1. The second kappa shape index (κ2) is 9.21. The third-order valence-corrected chi connectivity index (χ3v) is 7.43. The van der Waals surface area contributed by atoms with Crippen molar-refractivity contribution in [1.82, 2.24) is 9.62 Å². The van der Waals surface area contributed by atoms with Gasteiger partial charge in [0.25, 0.3) is 0 Å². The normalized spacial score (nSPS) is 20.3. The van der Waals surface area contributed by atoms with Crippen molar-refractivity contribution in [3.63, 3.8) is 0 Å². The number of piperidine rings is 1. The Morgan fingerprint density at radius 1 is 1.13 bits per heavy atom. The SMILES string of the molecule is O=S(=O)(NCC1CCN(C[C@H]2COc3ccc(Br)cc3O2)CC1)c1ccccc1F. The van der Waals surface area contributed by atoms with Crippen molar-refractivity contribution in [1.29, 1.82) is 0 Å². The van der Waals surface area contributed by atoms with Crippen molar-refractivity contribution in [2.75, 3.05) is 32.8 Å². The minimum absolute atomic E-state index is 0.0390. The molecule has 1 atom stereocenters. The quantitative estimate of drug-likeness (QED) is 0.660. The van der Waals surface area contributed by atoms with E-state index in [0.29, 0.717) is 13.2 Å². The first kappa shape index (κ1) is 21.5. The lowest BCUT2D eigenvalue weighted by atomic mass is 9.97. The van der Waals surface area contributed by atoms with Crippen LogP contribution in [0.2, 0.25) is 0 Å². The largest absolute Gasteiger partial charge is 0.486 e. The lowest BCUT2D eigenvalue weighted by Crippen LogP contribution is -2.45. The first-order valence-electron chi connectivity index (χ1n) is 9.96. The summed E-state index contributed by atoms with van der Waals surface area (Å²) in [6, 6.07) is 11.2. The van der Waals surface area contributed by atoms with Crippen LogP contribution >= 0.6 is 15.9 Å². The minimum atomic E-state index is -3.84. The Balaban J connectivity index is 1.24. The zero-order chi connectivity index (χ0) is 21.1. The fourth-order valence-corrected chi connectivity index (χ4v) is 5.34. The van der Waals surface area contributed by atoms with Crippen molar-refractivity contribution in [2.24, 2.45) is 5.92 Å². The van der Waals surface area contributed by atoms with Crippen LogP contribution in [0.15, 0.2) is 51.8 Å². The average Bonchev–Trinajstić information content (AvgIpc) is 2.73. The van der Waals surface area contributed by atoms with E-state index >= 15 is 0 Å². The molecule has 0 saturated carbocycles. The molecule has 0 unspecified atom stereocenters. The van der Waals surface area contributed by atoms with Gasteiger partial charge in [-0.15, -0.1) is 0 Å². The molecule has 1 saturated heterocycles. The van der Waals surface area contributed by atoms with Gasteiger partial charge >= 0.3 is 0 Å². The number of halogens is 2. The highest BCUT2D eigenvalue weighted by Gasteiger charge is 2.27. The summed E-state index contributed by atoms with van der Waals surface area (Å²) in [4.78, 5) is 2.02. The van der Waals surface area contributed by atoms with Gasteiger partial charge in [-0.3, -0.25) is 4.90 Å². The van der Waals surface area contributed by atoms with Gasteiger partial charge in [0.15, 0.2) is 11.5 Å². The number of fused-ring (bicyclic) bond motifs is 1. The molecule has 1 fully saturated rings. The highest BCUT2D eigenvalue weighted by Crippen LogP contribution is 2.34. The summed E-state index contributed by atoms with van der Waals surface area (Å²) < 4.78 is 53.9. The maximum atomic E-state index is 13.8. The topological polar surface area (TPSA) is 67.9 Å². The number of hydrogen-bond donors (Lipinski definition) is 1.